The van der Waals surface area contributed by atoms with E-state index in [0.717, 1.165) is 0 Å². The molecule has 0 radical (unpaired) electrons. The zero-order chi connectivity index (χ0) is 13.5. The highest BCUT2D eigenvalue weighted by molar-refractivity contribution is 5.32. The van der Waals surface area contributed by atoms with Crippen molar-refractivity contribution in [1.82, 2.24) is 5.32 Å². The average Bonchev–Trinajstić information content (AvgIpc) is 2.38. The molecule has 0 bridgehead atoms. The summed E-state index contributed by atoms with van der Waals surface area (Å²) in [6.45, 7) is 0.558. The van der Waals surface area contributed by atoms with Crippen molar-refractivity contribution in [2.75, 3.05) is 0 Å². The van der Waals surface area contributed by atoms with E-state index in [-0.39, 0.29) is 5.82 Å². The maximum Gasteiger partial charge on any atom is 0.129 e. The van der Waals surface area contributed by atoms with Crippen LogP contribution in [0.5, 0.6) is 0 Å². The number of hydrogen-bond donors (Lipinski definition) is 1. The lowest BCUT2D eigenvalue weighted by Gasteiger charge is -2.21. The number of nitriles is 1. The van der Waals surface area contributed by atoms with Crippen LogP contribution in [-0.4, -0.2) is 6.04 Å². The van der Waals surface area contributed by atoms with Gasteiger partial charge in [-0.1, -0.05) is 38.2 Å². The SMILES string of the molecule is N#Cc1ccc(CNC2CCCCCCC2)c(F)c1. The van der Waals surface area contributed by atoms with Gasteiger partial charge in [0.25, 0.3) is 0 Å². The Kier molecular flexibility index (Phi) is 5.35. The van der Waals surface area contributed by atoms with E-state index in [1.54, 1.807) is 12.1 Å². The van der Waals surface area contributed by atoms with E-state index in [9.17, 15) is 4.39 Å². The van der Waals surface area contributed by atoms with Gasteiger partial charge in [-0.05, 0) is 25.0 Å². The lowest BCUT2D eigenvalue weighted by atomic mass is 9.96. The van der Waals surface area contributed by atoms with Crippen LogP contribution in [0.1, 0.15) is 56.1 Å². The van der Waals surface area contributed by atoms with Crippen LogP contribution in [0.4, 0.5) is 4.39 Å². The van der Waals surface area contributed by atoms with Crippen LogP contribution in [0.25, 0.3) is 0 Å². The predicted octanol–water partition coefficient (Wildman–Crippen LogP) is 3.90. The summed E-state index contributed by atoms with van der Waals surface area (Å²) < 4.78 is 13.7. The monoisotopic (exact) mass is 260 g/mol. The van der Waals surface area contributed by atoms with Gasteiger partial charge in [-0.15, -0.1) is 0 Å². The smallest absolute Gasteiger partial charge is 0.129 e. The molecule has 2 rings (SSSR count). The van der Waals surface area contributed by atoms with Crippen molar-refractivity contribution in [3.8, 4) is 6.07 Å². The van der Waals surface area contributed by atoms with E-state index in [2.05, 4.69) is 5.32 Å². The highest BCUT2D eigenvalue weighted by Crippen LogP contribution is 2.18. The first-order valence-corrected chi connectivity index (χ1v) is 7.21. The van der Waals surface area contributed by atoms with Crippen molar-refractivity contribution in [2.24, 2.45) is 0 Å². The lowest BCUT2D eigenvalue weighted by molar-refractivity contribution is 0.386. The van der Waals surface area contributed by atoms with Gasteiger partial charge in [0.15, 0.2) is 0 Å². The van der Waals surface area contributed by atoms with Crippen LogP contribution >= 0.6 is 0 Å². The molecule has 0 unspecified atom stereocenters. The van der Waals surface area contributed by atoms with Gasteiger partial charge in [0.2, 0.25) is 0 Å². The van der Waals surface area contributed by atoms with Crippen LogP contribution < -0.4 is 5.32 Å². The molecule has 1 N–H and O–H groups in total. The number of nitrogens with zero attached hydrogens (tertiary/aromatic N) is 1. The first-order valence-electron chi connectivity index (χ1n) is 7.21. The molecular weight excluding hydrogens is 239 g/mol. The fraction of sp³-hybridized carbons (Fsp3) is 0.562. The fourth-order valence-corrected chi connectivity index (χ4v) is 2.67. The zero-order valence-corrected chi connectivity index (χ0v) is 11.3. The van der Waals surface area contributed by atoms with Crippen LogP contribution in [0.15, 0.2) is 18.2 Å². The van der Waals surface area contributed by atoms with Gasteiger partial charge >= 0.3 is 0 Å². The summed E-state index contributed by atoms with van der Waals surface area (Å²) in [5, 5.41) is 12.2. The Hall–Kier alpha value is -1.40. The molecule has 0 amide bonds. The Morgan fingerprint density at radius 3 is 2.47 bits per heavy atom. The molecule has 0 aliphatic heterocycles. The summed E-state index contributed by atoms with van der Waals surface area (Å²) in [7, 11) is 0. The molecule has 1 aromatic rings. The summed E-state index contributed by atoms with van der Waals surface area (Å²) in [5.74, 6) is -0.280. The third-order valence-corrected chi connectivity index (χ3v) is 3.87. The van der Waals surface area contributed by atoms with E-state index in [1.807, 2.05) is 6.07 Å². The molecule has 0 spiro atoms. The predicted molar refractivity (Wildman–Crippen MR) is 74.1 cm³/mol. The minimum Gasteiger partial charge on any atom is -0.310 e. The third kappa shape index (κ3) is 4.33. The quantitative estimate of drug-likeness (QED) is 0.894. The molecular formula is C16H21FN2. The largest absolute Gasteiger partial charge is 0.310 e. The van der Waals surface area contributed by atoms with Crippen LogP contribution in [0.2, 0.25) is 0 Å². The molecule has 0 heterocycles. The Morgan fingerprint density at radius 2 is 1.84 bits per heavy atom. The van der Waals surface area contributed by atoms with E-state index < -0.39 is 0 Å². The number of nitrogens with one attached hydrogen (secondary N) is 1. The fourth-order valence-electron chi connectivity index (χ4n) is 2.67. The summed E-state index contributed by atoms with van der Waals surface area (Å²) in [6.07, 6.45) is 8.93. The minimum atomic E-state index is -0.280. The summed E-state index contributed by atoms with van der Waals surface area (Å²) in [4.78, 5) is 0. The number of rotatable bonds is 3. The normalized spacial score (nSPS) is 17.5. The first-order chi connectivity index (χ1) is 9.29. The van der Waals surface area contributed by atoms with Crippen molar-refractivity contribution < 1.29 is 4.39 Å². The molecule has 19 heavy (non-hydrogen) atoms. The highest BCUT2D eigenvalue weighted by Gasteiger charge is 2.11. The van der Waals surface area contributed by atoms with Crippen molar-refractivity contribution in [3.63, 3.8) is 0 Å². The molecule has 102 valence electrons. The Labute approximate surface area is 114 Å². The van der Waals surface area contributed by atoms with E-state index >= 15 is 0 Å². The second-order valence-corrected chi connectivity index (χ2v) is 5.34. The van der Waals surface area contributed by atoms with E-state index in [4.69, 9.17) is 5.26 Å². The van der Waals surface area contributed by atoms with Gasteiger partial charge in [0.05, 0.1) is 11.6 Å². The molecule has 1 aliphatic carbocycles. The Morgan fingerprint density at radius 1 is 1.16 bits per heavy atom. The van der Waals surface area contributed by atoms with Crippen LogP contribution in [-0.2, 0) is 6.54 Å². The summed E-state index contributed by atoms with van der Waals surface area (Å²) in [6, 6.07) is 7.17. The number of hydrogen-bond acceptors (Lipinski definition) is 2. The van der Waals surface area contributed by atoms with Crippen molar-refractivity contribution in [2.45, 2.75) is 57.5 Å². The van der Waals surface area contributed by atoms with Gasteiger partial charge in [-0.2, -0.15) is 5.26 Å². The molecule has 0 aromatic heterocycles. The van der Waals surface area contributed by atoms with E-state index in [1.165, 1.54) is 51.0 Å². The molecule has 1 saturated carbocycles. The van der Waals surface area contributed by atoms with Gasteiger partial charge < -0.3 is 5.32 Å². The first kappa shape index (κ1) is 14.0. The molecule has 2 nitrogen and oxygen atoms in total. The zero-order valence-electron chi connectivity index (χ0n) is 11.3. The minimum absolute atomic E-state index is 0.280. The third-order valence-electron chi connectivity index (χ3n) is 3.87. The molecule has 0 atom stereocenters. The summed E-state index contributed by atoms with van der Waals surface area (Å²) >= 11 is 0. The number of halogens is 1. The van der Waals surface area contributed by atoms with Gasteiger partial charge in [-0.25, -0.2) is 4.39 Å². The maximum atomic E-state index is 13.7. The second-order valence-electron chi connectivity index (χ2n) is 5.34. The topological polar surface area (TPSA) is 35.8 Å². The van der Waals surface area contributed by atoms with Gasteiger partial charge in [0.1, 0.15) is 5.82 Å². The number of benzene rings is 1. The molecule has 1 aromatic carbocycles. The van der Waals surface area contributed by atoms with Gasteiger partial charge in [-0.3, -0.25) is 0 Å². The molecule has 1 aliphatic rings. The van der Waals surface area contributed by atoms with Crippen LogP contribution in [0.3, 0.4) is 0 Å². The summed E-state index contributed by atoms with van der Waals surface area (Å²) in [5.41, 5.74) is 1.04. The van der Waals surface area contributed by atoms with Crippen molar-refractivity contribution in [3.05, 3.63) is 35.1 Å². The van der Waals surface area contributed by atoms with Gasteiger partial charge in [0, 0.05) is 18.2 Å². The van der Waals surface area contributed by atoms with Crippen molar-refractivity contribution >= 4 is 0 Å². The standard InChI is InChI=1S/C16H21FN2/c17-16-10-13(11-18)8-9-14(16)12-19-15-6-4-2-1-3-5-7-15/h8-10,15,19H,1-7,12H2. The van der Waals surface area contributed by atoms with Crippen LogP contribution in [0, 0.1) is 17.1 Å². The van der Waals surface area contributed by atoms with E-state index in [0.29, 0.717) is 23.7 Å². The molecule has 0 saturated heterocycles. The highest BCUT2D eigenvalue weighted by atomic mass is 19.1. The van der Waals surface area contributed by atoms with Crippen molar-refractivity contribution in [1.29, 1.82) is 5.26 Å². The Bertz CT molecular complexity index is 443. The molecule has 1 fully saturated rings. The second kappa shape index (κ2) is 7.25. The Balaban J connectivity index is 1.88. The maximum absolute atomic E-state index is 13.7. The lowest BCUT2D eigenvalue weighted by Crippen LogP contribution is -2.29. The molecule has 3 heteroatoms. The average molecular weight is 260 g/mol.